The summed E-state index contributed by atoms with van der Waals surface area (Å²) in [6, 6.07) is 0. The zero-order valence-corrected chi connectivity index (χ0v) is 34.8. The molecular formula is C36H62O20. The van der Waals surface area contributed by atoms with Gasteiger partial charge in [-0.15, -0.1) is 0 Å². The number of carbonyl (C=O) groups is 10. The number of esters is 10. The first-order valence-electron chi connectivity index (χ1n) is 17.9. The van der Waals surface area contributed by atoms with Gasteiger partial charge >= 0.3 is 59.7 Å². The minimum Gasteiger partial charge on any atom is -0.461 e. The highest BCUT2D eigenvalue weighted by molar-refractivity contribution is 6.31. The van der Waals surface area contributed by atoms with Gasteiger partial charge in [-0.1, -0.05) is 40.5 Å². The standard InChI is InChI=1S/C10H18O4.2C8H14O4.C6H10O4.C4H6O4/c1-3-5-7-13-9(11)10(12)14-8-6-4-2;1-5(2)11-7(9)8(10)12-6(3)4;1-3-5-11-7(9)8(10)12-6-4-2;1-3-9-5(7)6(8)10-4-2;1-7-3(5)4(6)8-2/h3-8H2,1-2H3;5-6H,1-4H3;3-6H2,1-2H3;3-4H2,1-2H3;1-2H3. The van der Waals surface area contributed by atoms with Gasteiger partial charge in [0.05, 0.1) is 66.1 Å². The zero-order valence-electron chi connectivity index (χ0n) is 34.8. The molecule has 0 aromatic carbocycles. The minimum atomic E-state index is -0.979. The van der Waals surface area contributed by atoms with Gasteiger partial charge < -0.3 is 47.4 Å². The Hall–Kier alpha value is -5.30. The molecule has 0 aliphatic carbocycles. The van der Waals surface area contributed by atoms with Crippen LogP contribution in [0.4, 0.5) is 0 Å². The van der Waals surface area contributed by atoms with Crippen molar-refractivity contribution in [3.63, 3.8) is 0 Å². The number of methoxy groups -OCH3 is 2. The third-order valence-corrected chi connectivity index (χ3v) is 4.78. The van der Waals surface area contributed by atoms with Crippen LogP contribution >= 0.6 is 0 Å². The monoisotopic (exact) mass is 814 g/mol. The van der Waals surface area contributed by atoms with Crippen molar-refractivity contribution in [2.45, 2.75) is 120 Å². The second-order valence-electron chi connectivity index (χ2n) is 10.6. The second kappa shape index (κ2) is 42.4. The highest BCUT2D eigenvalue weighted by Gasteiger charge is 2.20. The van der Waals surface area contributed by atoms with Crippen molar-refractivity contribution in [3.8, 4) is 0 Å². The Balaban J connectivity index is -0.000000196. The van der Waals surface area contributed by atoms with Crippen LogP contribution in [0, 0.1) is 0 Å². The topological polar surface area (TPSA) is 263 Å². The lowest BCUT2D eigenvalue weighted by molar-refractivity contribution is -0.172. The lowest BCUT2D eigenvalue weighted by atomic mass is 10.4. The molecule has 0 spiro atoms. The summed E-state index contributed by atoms with van der Waals surface area (Å²) in [7, 11) is 2.22. The van der Waals surface area contributed by atoms with Gasteiger partial charge in [0.1, 0.15) is 0 Å². The van der Waals surface area contributed by atoms with Gasteiger partial charge in [-0.25, -0.2) is 47.9 Å². The molecule has 20 nitrogen and oxygen atoms in total. The molecule has 0 fully saturated rings. The Morgan fingerprint density at radius 3 is 0.786 bits per heavy atom. The number of carbonyl (C=O) groups excluding carboxylic acids is 10. The lowest BCUT2D eigenvalue weighted by Gasteiger charge is -2.09. The van der Waals surface area contributed by atoms with Crippen LogP contribution in [0.15, 0.2) is 0 Å². The molecule has 0 heterocycles. The molecule has 0 amide bonds. The molecule has 0 aromatic rings. The molecule has 0 unspecified atom stereocenters. The van der Waals surface area contributed by atoms with Crippen molar-refractivity contribution >= 4 is 59.7 Å². The maximum atomic E-state index is 10.9. The smallest absolute Gasteiger partial charge is 0.417 e. The van der Waals surface area contributed by atoms with E-state index in [2.05, 4.69) is 47.4 Å². The molecule has 20 heteroatoms. The van der Waals surface area contributed by atoms with E-state index in [0.29, 0.717) is 12.8 Å². The first-order chi connectivity index (χ1) is 26.3. The van der Waals surface area contributed by atoms with Gasteiger partial charge in [0, 0.05) is 0 Å². The third-order valence-electron chi connectivity index (χ3n) is 4.78. The van der Waals surface area contributed by atoms with E-state index < -0.39 is 59.7 Å². The van der Waals surface area contributed by atoms with Crippen LogP contribution in [0.25, 0.3) is 0 Å². The number of ether oxygens (including phenoxy) is 10. The number of rotatable bonds is 14. The SMILES string of the molecule is CC(C)OC(=O)C(=O)OC(C)C.CCCCOC(=O)C(=O)OCCCC.CCCOC(=O)C(=O)OCCC.CCOC(=O)C(=O)OCC.COC(=O)C(=O)OC. The minimum absolute atomic E-state index is 0.192. The molecular weight excluding hydrogens is 752 g/mol. The third kappa shape index (κ3) is 43.1. The average Bonchev–Trinajstić information content (AvgIpc) is 3.15. The van der Waals surface area contributed by atoms with E-state index >= 15 is 0 Å². The van der Waals surface area contributed by atoms with E-state index in [-0.39, 0.29) is 51.8 Å². The maximum Gasteiger partial charge on any atom is 0.417 e. The molecule has 0 radical (unpaired) electrons. The summed E-state index contributed by atoms with van der Waals surface area (Å²) in [5.74, 6) is -9.23. The van der Waals surface area contributed by atoms with Crippen molar-refractivity contribution in [2.24, 2.45) is 0 Å². The van der Waals surface area contributed by atoms with Gasteiger partial charge in [0.15, 0.2) is 0 Å². The Kier molecular flexibility index (Phi) is 45.4. The molecule has 0 rings (SSSR count). The fourth-order valence-corrected chi connectivity index (χ4v) is 2.31. The highest BCUT2D eigenvalue weighted by atomic mass is 16.6. The van der Waals surface area contributed by atoms with E-state index in [4.69, 9.17) is 0 Å². The van der Waals surface area contributed by atoms with E-state index in [1.54, 1.807) is 41.5 Å². The van der Waals surface area contributed by atoms with Crippen LogP contribution in [0.2, 0.25) is 0 Å². The fraction of sp³-hybridized carbons (Fsp3) is 0.722. The van der Waals surface area contributed by atoms with Crippen LogP contribution < -0.4 is 0 Å². The number of hydrogen-bond donors (Lipinski definition) is 0. The Labute approximate surface area is 328 Å². The second-order valence-corrected chi connectivity index (χ2v) is 10.6. The highest BCUT2D eigenvalue weighted by Crippen LogP contribution is 1.95. The Morgan fingerprint density at radius 1 is 0.339 bits per heavy atom. The van der Waals surface area contributed by atoms with Crippen molar-refractivity contribution in [1.29, 1.82) is 0 Å². The van der Waals surface area contributed by atoms with Crippen LogP contribution in [-0.2, 0) is 95.3 Å². The van der Waals surface area contributed by atoms with Crippen LogP contribution in [0.5, 0.6) is 0 Å². The molecule has 0 bridgehead atoms. The summed E-state index contributed by atoms with van der Waals surface area (Å²) in [5.41, 5.74) is 0. The first-order valence-corrected chi connectivity index (χ1v) is 17.9. The molecule has 0 aromatic heterocycles. The molecule has 0 atom stereocenters. The summed E-state index contributed by atoms with van der Waals surface area (Å²) in [6.07, 6.45) is 4.21. The molecule has 0 saturated heterocycles. The van der Waals surface area contributed by atoms with E-state index in [1.165, 1.54) is 0 Å². The molecule has 56 heavy (non-hydrogen) atoms. The van der Waals surface area contributed by atoms with Crippen LogP contribution in [0.3, 0.4) is 0 Å². The van der Waals surface area contributed by atoms with Gasteiger partial charge in [0.2, 0.25) is 0 Å². The quantitative estimate of drug-likeness (QED) is 0.106. The predicted octanol–water partition coefficient (Wildman–Crippen LogP) is 2.90. The van der Waals surface area contributed by atoms with E-state index in [0.717, 1.165) is 39.9 Å². The summed E-state index contributed by atoms with van der Waals surface area (Å²) in [6.45, 7) is 19.1. The average molecular weight is 815 g/mol. The lowest BCUT2D eigenvalue weighted by Crippen LogP contribution is -2.25. The van der Waals surface area contributed by atoms with E-state index in [1.807, 2.05) is 27.7 Å². The van der Waals surface area contributed by atoms with Crippen LogP contribution in [-0.4, -0.2) is 126 Å². The first kappa shape index (κ1) is 60.0. The molecule has 0 aliphatic rings. The van der Waals surface area contributed by atoms with Crippen LogP contribution in [0.1, 0.15) is 108 Å². The summed E-state index contributed by atoms with van der Waals surface area (Å²) in [4.78, 5) is 106. The summed E-state index contributed by atoms with van der Waals surface area (Å²) in [5, 5.41) is 0. The van der Waals surface area contributed by atoms with Gasteiger partial charge in [-0.3, -0.25) is 0 Å². The zero-order chi connectivity index (χ0) is 44.5. The van der Waals surface area contributed by atoms with Crippen molar-refractivity contribution < 1.29 is 95.3 Å². The summed E-state index contributed by atoms with van der Waals surface area (Å²) < 4.78 is 44.3. The molecule has 326 valence electrons. The van der Waals surface area contributed by atoms with Gasteiger partial charge in [-0.05, 0) is 67.2 Å². The Bertz CT molecular complexity index is 1060. The van der Waals surface area contributed by atoms with E-state index in [9.17, 15) is 47.9 Å². The summed E-state index contributed by atoms with van der Waals surface area (Å²) >= 11 is 0. The normalized spacial score (nSPS) is 9.18. The van der Waals surface area contributed by atoms with Gasteiger partial charge in [0.25, 0.3) is 0 Å². The fourth-order valence-electron chi connectivity index (χ4n) is 2.31. The van der Waals surface area contributed by atoms with Crippen molar-refractivity contribution in [1.82, 2.24) is 0 Å². The Morgan fingerprint density at radius 2 is 0.589 bits per heavy atom. The van der Waals surface area contributed by atoms with Crippen molar-refractivity contribution in [3.05, 3.63) is 0 Å². The molecule has 0 aliphatic heterocycles. The number of hydrogen-bond acceptors (Lipinski definition) is 20. The predicted molar refractivity (Wildman–Crippen MR) is 194 cm³/mol. The molecule has 0 N–H and O–H groups in total. The van der Waals surface area contributed by atoms with Gasteiger partial charge in [-0.2, -0.15) is 0 Å². The van der Waals surface area contributed by atoms with Crippen molar-refractivity contribution in [2.75, 3.05) is 53.9 Å². The molecule has 0 saturated carbocycles. The largest absolute Gasteiger partial charge is 0.461 e. The number of unbranched alkanes of at least 4 members (excludes halogenated alkanes) is 2. The maximum absolute atomic E-state index is 10.9.